The lowest BCUT2D eigenvalue weighted by molar-refractivity contribution is -0.142. The first-order chi connectivity index (χ1) is 15.7. The highest BCUT2D eigenvalue weighted by Gasteiger charge is 2.22. The number of fused-ring (bicyclic) bond motifs is 2. The third-order valence-electron chi connectivity index (χ3n) is 5.69. The number of hydrogen-bond donors (Lipinski definition) is 3. The Morgan fingerprint density at radius 2 is 2.09 bits per heavy atom. The number of piperidine rings is 1. The molecule has 10 heteroatoms. The van der Waals surface area contributed by atoms with Gasteiger partial charge in [0.15, 0.2) is 5.82 Å². The van der Waals surface area contributed by atoms with Gasteiger partial charge in [-0.2, -0.15) is 0 Å². The number of carbonyl (C=O) groups is 1. The molecule has 1 aliphatic heterocycles. The second-order valence-corrected chi connectivity index (χ2v) is 7.83. The number of aromatic amines is 1. The molecule has 0 bridgehead atoms. The summed E-state index contributed by atoms with van der Waals surface area (Å²) >= 11 is 0. The number of H-pyrrole nitrogens is 1. The molecule has 164 valence electrons. The number of likely N-dealkylation sites (tertiary alicyclic amines) is 1. The third kappa shape index (κ3) is 4.30. The number of rotatable bonds is 6. The Labute approximate surface area is 184 Å². The van der Waals surface area contributed by atoms with E-state index in [1.165, 1.54) is 13.4 Å². The van der Waals surface area contributed by atoms with Gasteiger partial charge in [0.05, 0.1) is 19.9 Å². The zero-order chi connectivity index (χ0) is 21.9. The van der Waals surface area contributed by atoms with Crippen LogP contribution in [0, 0.1) is 0 Å². The number of aromatic nitrogens is 5. The lowest BCUT2D eigenvalue weighted by Gasteiger charge is -2.31. The minimum Gasteiger partial charge on any atom is -0.468 e. The fourth-order valence-electron chi connectivity index (χ4n) is 3.95. The molecule has 1 aliphatic rings. The first-order valence-electron chi connectivity index (χ1n) is 10.6. The van der Waals surface area contributed by atoms with Gasteiger partial charge in [-0.05, 0) is 37.1 Å². The molecule has 0 saturated carbocycles. The fraction of sp³-hybridized carbons (Fsp3) is 0.318. The molecule has 0 radical (unpaired) electrons. The van der Waals surface area contributed by atoms with Crippen LogP contribution in [0.15, 0.2) is 43.0 Å². The molecule has 32 heavy (non-hydrogen) atoms. The lowest BCUT2D eigenvalue weighted by atomic mass is 10.1. The monoisotopic (exact) mass is 432 g/mol. The molecule has 0 spiro atoms. The average molecular weight is 432 g/mol. The van der Waals surface area contributed by atoms with E-state index in [-0.39, 0.29) is 12.0 Å². The van der Waals surface area contributed by atoms with Crippen molar-refractivity contribution in [3.63, 3.8) is 0 Å². The van der Waals surface area contributed by atoms with Crippen molar-refractivity contribution in [1.29, 1.82) is 0 Å². The first-order valence-corrected chi connectivity index (χ1v) is 10.6. The Bertz CT molecular complexity index is 1250. The predicted octanol–water partition coefficient (Wildman–Crippen LogP) is 2.69. The summed E-state index contributed by atoms with van der Waals surface area (Å²) in [5.74, 6) is 0.969. The van der Waals surface area contributed by atoms with E-state index in [9.17, 15) is 4.79 Å². The van der Waals surface area contributed by atoms with Crippen molar-refractivity contribution < 1.29 is 9.53 Å². The quantitative estimate of drug-likeness (QED) is 0.395. The second kappa shape index (κ2) is 8.75. The van der Waals surface area contributed by atoms with Gasteiger partial charge in [-0.3, -0.25) is 9.69 Å². The molecular weight excluding hydrogens is 408 g/mol. The Morgan fingerprint density at radius 3 is 2.94 bits per heavy atom. The van der Waals surface area contributed by atoms with Crippen LogP contribution in [0.5, 0.6) is 0 Å². The molecular formula is C22H24N8O2. The summed E-state index contributed by atoms with van der Waals surface area (Å²) in [7, 11) is 1.42. The molecule has 3 aromatic heterocycles. The molecule has 0 unspecified atom stereocenters. The molecule has 5 rings (SSSR count). The Morgan fingerprint density at radius 1 is 1.22 bits per heavy atom. The second-order valence-electron chi connectivity index (χ2n) is 7.83. The van der Waals surface area contributed by atoms with Crippen molar-refractivity contribution in [3.8, 4) is 0 Å². The van der Waals surface area contributed by atoms with E-state index >= 15 is 0 Å². The number of esters is 1. The van der Waals surface area contributed by atoms with Gasteiger partial charge in [0.25, 0.3) is 0 Å². The van der Waals surface area contributed by atoms with Gasteiger partial charge in [0.1, 0.15) is 17.4 Å². The van der Waals surface area contributed by atoms with E-state index in [0.717, 1.165) is 42.5 Å². The standard InChI is InChI=1S/C22H24N8O2/c1-32-19(31)12-30-8-5-15(6-9-30)28-22-24-11-18-20(29-22)21(26-13-25-18)27-16-2-3-17-14(10-16)4-7-23-17/h2-4,7,10-11,13,15,23H,5-6,8-9,12H2,1H3,(H,24,28,29)(H,25,26,27). The summed E-state index contributed by atoms with van der Waals surface area (Å²) < 4.78 is 4.75. The largest absolute Gasteiger partial charge is 0.468 e. The zero-order valence-electron chi connectivity index (χ0n) is 17.7. The number of benzene rings is 1. The van der Waals surface area contributed by atoms with Crippen molar-refractivity contribution in [2.24, 2.45) is 0 Å². The number of methoxy groups -OCH3 is 1. The van der Waals surface area contributed by atoms with E-state index < -0.39 is 0 Å². The topological polar surface area (TPSA) is 121 Å². The number of nitrogens with zero attached hydrogens (tertiary/aromatic N) is 5. The molecule has 1 fully saturated rings. The zero-order valence-corrected chi connectivity index (χ0v) is 17.7. The third-order valence-corrected chi connectivity index (χ3v) is 5.69. The predicted molar refractivity (Wildman–Crippen MR) is 122 cm³/mol. The molecule has 4 aromatic rings. The van der Waals surface area contributed by atoms with E-state index in [2.05, 4.69) is 41.5 Å². The number of hydrogen-bond acceptors (Lipinski definition) is 9. The molecule has 0 amide bonds. The first kappa shape index (κ1) is 20.1. The van der Waals surface area contributed by atoms with Crippen LogP contribution in [0.3, 0.4) is 0 Å². The molecule has 0 aliphatic carbocycles. The highest BCUT2D eigenvalue weighted by Crippen LogP contribution is 2.25. The Kier molecular flexibility index (Phi) is 5.51. The van der Waals surface area contributed by atoms with Crippen molar-refractivity contribution in [3.05, 3.63) is 43.0 Å². The fourth-order valence-corrected chi connectivity index (χ4v) is 3.95. The van der Waals surface area contributed by atoms with Gasteiger partial charge in [-0.1, -0.05) is 0 Å². The summed E-state index contributed by atoms with van der Waals surface area (Å²) in [6, 6.07) is 8.34. The number of carbonyl (C=O) groups excluding carboxylic acids is 1. The van der Waals surface area contributed by atoms with E-state index in [1.807, 2.05) is 24.4 Å². The Hall–Kier alpha value is -3.79. The van der Waals surface area contributed by atoms with E-state index in [0.29, 0.717) is 29.3 Å². The van der Waals surface area contributed by atoms with Crippen molar-refractivity contribution in [2.45, 2.75) is 18.9 Å². The summed E-state index contributed by atoms with van der Waals surface area (Å²) in [6.07, 6.45) is 6.92. The van der Waals surface area contributed by atoms with Crippen LogP contribution in [0.25, 0.3) is 21.9 Å². The van der Waals surface area contributed by atoms with E-state index in [4.69, 9.17) is 9.72 Å². The molecule has 0 atom stereocenters. The minimum absolute atomic E-state index is 0.204. The van der Waals surface area contributed by atoms with Crippen LogP contribution in [0.1, 0.15) is 12.8 Å². The maximum atomic E-state index is 11.5. The Balaban J connectivity index is 1.31. The summed E-state index contributed by atoms with van der Waals surface area (Å²) in [5, 5.41) is 7.89. The molecule has 4 heterocycles. The number of ether oxygens (including phenoxy) is 1. The number of anilines is 3. The highest BCUT2D eigenvalue weighted by molar-refractivity contribution is 5.89. The smallest absolute Gasteiger partial charge is 0.319 e. The minimum atomic E-state index is -0.204. The van der Waals surface area contributed by atoms with Crippen molar-refractivity contribution >= 4 is 45.4 Å². The van der Waals surface area contributed by atoms with Gasteiger partial charge in [0, 0.05) is 41.9 Å². The molecule has 1 saturated heterocycles. The normalized spacial score (nSPS) is 15.2. The highest BCUT2D eigenvalue weighted by atomic mass is 16.5. The summed E-state index contributed by atoms with van der Waals surface area (Å²) in [6.45, 7) is 1.96. The van der Waals surface area contributed by atoms with E-state index in [1.54, 1.807) is 6.20 Å². The van der Waals surface area contributed by atoms with Crippen molar-refractivity contribution in [2.75, 3.05) is 37.4 Å². The van der Waals surface area contributed by atoms with Crippen LogP contribution in [0.4, 0.5) is 17.5 Å². The summed E-state index contributed by atoms with van der Waals surface area (Å²) in [4.78, 5) is 34.6. The van der Waals surface area contributed by atoms with Gasteiger partial charge >= 0.3 is 5.97 Å². The summed E-state index contributed by atoms with van der Waals surface area (Å²) in [5.41, 5.74) is 3.32. The average Bonchev–Trinajstić information content (AvgIpc) is 3.29. The maximum Gasteiger partial charge on any atom is 0.319 e. The van der Waals surface area contributed by atoms with Crippen LogP contribution < -0.4 is 10.6 Å². The van der Waals surface area contributed by atoms with Crippen LogP contribution in [0.2, 0.25) is 0 Å². The van der Waals surface area contributed by atoms with Gasteiger partial charge in [0.2, 0.25) is 5.95 Å². The van der Waals surface area contributed by atoms with Crippen LogP contribution in [-0.4, -0.2) is 68.6 Å². The van der Waals surface area contributed by atoms with Crippen molar-refractivity contribution in [1.82, 2.24) is 29.8 Å². The van der Waals surface area contributed by atoms with Gasteiger partial charge in [-0.25, -0.2) is 19.9 Å². The molecule has 1 aromatic carbocycles. The molecule has 10 nitrogen and oxygen atoms in total. The number of nitrogens with one attached hydrogen (secondary N) is 3. The van der Waals surface area contributed by atoms with Crippen LogP contribution in [-0.2, 0) is 9.53 Å². The SMILES string of the molecule is COC(=O)CN1CCC(Nc2ncc3ncnc(Nc4ccc5[nH]ccc5c4)c3n2)CC1. The van der Waals surface area contributed by atoms with Gasteiger partial charge in [-0.15, -0.1) is 0 Å². The van der Waals surface area contributed by atoms with Crippen LogP contribution >= 0.6 is 0 Å². The molecule has 3 N–H and O–H groups in total. The lowest BCUT2D eigenvalue weighted by Crippen LogP contribution is -2.41. The maximum absolute atomic E-state index is 11.5. The van der Waals surface area contributed by atoms with Gasteiger partial charge < -0.3 is 20.4 Å².